The van der Waals surface area contributed by atoms with Gasteiger partial charge in [0.2, 0.25) is 17.5 Å². The second-order valence-corrected chi connectivity index (χ2v) is 11.4. The van der Waals surface area contributed by atoms with Gasteiger partial charge in [-0.2, -0.15) is 0 Å². The molecule has 1 aromatic heterocycles. The molecule has 5 rings (SSSR count). The van der Waals surface area contributed by atoms with E-state index in [1.54, 1.807) is 0 Å². The lowest BCUT2D eigenvalue weighted by atomic mass is 9.98. The number of aliphatic hydroxyl groups excluding tert-OH is 8. The van der Waals surface area contributed by atoms with Crippen LogP contribution in [0.1, 0.15) is 6.92 Å². The van der Waals surface area contributed by atoms with Crippen LogP contribution >= 0.6 is 0 Å². The lowest BCUT2D eigenvalue weighted by Crippen LogP contribution is -2.61. The third kappa shape index (κ3) is 7.54. The third-order valence-corrected chi connectivity index (χ3v) is 7.96. The first-order valence-corrected chi connectivity index (χ1v) is 15.2. The van der Waals surface area contributed by atoms with E-state index in [0.717, 1.165) is 12.1 Å². The van der Waals surface area contributed by atoms with Gasteiger partial charge in [-0.15, -0.1) is 0 Å². The number of rotatable bonds is 12. The van der Waals surface area contributed by atoms with Gasteiger partial charge in [0, 0.05) is 17.7 Å². The Bertz CT molecular complexity index is 1640. The van der Waals surface area contributed by atoms with Gasteiger partial charge in [-0.3, -0.25) is 4.79 Å². The topological polar surface area (TPSA) is 288 Å². The highest BCUT2D eigenvalue weighted by molar-refractivity contribution is 5.88. The Balaban J connectivity index is 1.51. The second kappa shape index (κ2) is 15.4. The van der Waals surface area contributed by atoms with Crippen molar-refractivity contribution >= 4 is 11.0 Å². The summed E-state index contributed by atoms with van der Waals surface area (Å²) >= 11 is 0. The molecule has 0 radical (unpaired) electrons. The molecule has 2 fully saturated rings. The first kappa shape index (κ1) is 36.5. The molecule has 0 spiro atoms. The fourth-order valence-corrected chi connectivity index (χ4v) is 5.37. The quantitative estimate of drug-likeness (QED) is 0.0947. The van der Waals surface area contributed by atoms with E-state index in [2.05, 4.69) is 0 Å². The molecule has 10 unspecified atom stereocenters. The summed E-state index contributed by atoms with van der Waals surface area (Å²) in [5.74, 6) is -1.91. The maximum atomic E-state index is 13.9. The van der Waals surface area contributed by atoms with Gasteiger partial charge < -0.3 is 83.9 Å². The molecule has 3 aromatic rings. The van der Waals surface area contributed by atoms with Crippen LogP contribution in [0.3, 0.4) is 0 Å². The smallest absolute Gasteiger partial charge is 0.239 e. The first-order valence-electron chi connectivity index (χ1n) is 15.2. The van der Waals surface area contributed by atoms with Crippen molar-refractivity contribution in [1.82, 2.24) is 0 Å². The van der Waals surface area contributed by atoms with Crippen molar-refractivity contribution in [3.63, 3.8) is 0 Å². The largest absolute Gasteiger partial charge is 0.508 e. The molecule has 2 aromatic carbocycles. The van der Waals surface area contributed by atoms with E-state index in [1.165, 1.54) is 25.1 Å². The Kier molecular flexibility index (Phi) is 11.5. The van der Waals surface area contributed by atoms with Crippen LogP contribution < -0.4 is 19.6 Å². The molecule has 2 aliphatic rings. The standard InChI is InChI=1S/C31H38O18/c1-12-21(36)24(39)26(41)30(46-12)45-11-19-22(37)25(40)27(42)31(48-19)49-29-23(38)20-15(35)9-14(34)10-18(20)47-28(29)13-2-3-16(43-6-4-32)17(8-13)44-7-5-33/h2-3,8-10,12,19,21-22,24-27,30-37,39-42H,4-7,11H2,1H3. The van der Waals surface area contributed by atoms with Crippen LogP contribution in [0.5, 0.6) is 28.7 Å². The first-order chi connectivity index (χ1) is 23.4. The fourth-order valence-electron chi connectivity index (χ4n) is 5.37. The number of hydrogen-bond acceptors (Lipinski definition) is 18. The molecule has 10 N–H and O–H groups in total. The molecule has 10 atom stereocenters. The lowest BCUT2D eigenvalue weighted by molar-refractivity contribution is -0.318. The molecule has 270 valence electrons. The van der Waals surface area contributed by atoms with Crippen LogP contribution in [0.2, 0.25) is 0 Å². The van der Waals surface area contributed by atoms with E-state index in [-0.39, 0.29) is 54.8 Å². The molecule has 0 amide bonds. The summed E-state index contributed by atoms with van der Waals surface area (Å²) in [6, 6.07) is 6.10. The minimum atomic E-state index is -1.98. The fraction of sp³-hybridized carbons (Fsp3) is 0.516. The number of hydrogen-bond donors (Lipinski definition) is 10. The molecule has 49 heavy (non-hydrogen) atoms. The van der Waals surface area contributed by atoms with Gasteiger partial charge in [-0.25, -0.2) is 0 Å². The van der Waals surface area contributed by atoms with E-state index in [0.29, 0.717) is 0 Å². The summed E-state index contributed by atoms with van der Waals surface area (Å²) in [5, 5.41) is 101. The molecule has 0 bridgehead atoms. The summed E-state index contributed by atoms with van der Waals surface area (Å²) in [4.78, 5) is 13.9. The highest BCUT2D eigenvalue weighted by atomic mass is 16.7. The summed E-state index contributed by atoms with van der Waals surface area (Å²) in [5.41, 5.74) is -1.19. The number of ether oxygens (including phenoxy) is 6. The Morgan fingerprint density at radius 2 is 1.41 bits per heavy atom. The van der Waals surface area contributed by atoms with Gasteiger partial charge in [0.1, 0.15) is 78.4 Å². The molecule has 2 aliphatic heterocycles. The van der Waals surface area contributed by atoms with Gasteiger partial charge in [-0.05, 0) is 25.1 Å². The Labute approximate surface area is 277 Å². The van der Waals surface area contributed by atoms with Crippen molar-refractivity contribution in [1.29, 1.82) is 0 Å². The Hall–Kier alpha value is -3.79. The summed E-state index contributed by atoms with van der Waals surface area (Å²) in [6.45, 7) is -0.141. The molecule has 0 aliphatic carbocycles. The maximum absolute atomic E-state index is 13.9. The Morgan fingerprint density at radius 1 is 0.755 bits per heavy atom. The van der Waals surface area contributed by atoms with Crippen molar-refractivity contribution in [2.45, 2.75) is 68.3 Å². The van der Waals surface area contributed by atoms with Crippen LogP contribution in [-0.2, 0) is 14.2 Å². The molecule has 0 saturated carbocycles. The molecular weight excluding hydrogens is 660 g/mol. The van der Waals surface area contributed by atoms with Gasteiger partial charge in [-0.1, -0.05) is 0 Å². The van der Waals surface area contributed by atoms with Crippen LogP contribution in [0.4, 0.5) is 0 Å². The number of phenols is 2. The number of benzene rings is 2. The summed E-state index contributed by atoms with van der Waals surface area (Å²) < 4.78 is 39.4. The average molecular weight is 699 g/mol. The van der Waals surface area contributed by atoms with Gasteiger partial charge >= 0.3 is 0 Å². The highest BCUT2D eigenvalue weighted by Crippen LogP contribution is 2.40. The zero-order valence-corrected chi connectivity index (χ0v) is 25.9. The predicted molar refractivity (Wildman–Crippen MR) is 162 cm³/mol. The van der Waals surface area contributed by atoms with Gasteiger partial charge in [0.05, 0.1) is 25.9 Å². The van der Waals surface area contributed by atoms with E-state index >= 15 is 0 Å². The van der Waals surface area contributed by atoms with Crippen molar-refractivity contribution in [2.75, 3.05) is 33.0 Å². The minimum Gasteiger partial charge on any atom is -0.508 e. The molecule has 18 nitrogen and oxygen atoms in total. The number of aliphatic hydroxyl groups is 8. The van der Waals surface area contributed by atoms with E-state index in [9.17, 15) is 55.9 Å². The third-order valence-electron chi connectivity index (χ3n) is 7.96. The molecular formula is C31H38O18. The van der Waals surface area contributed by atoms with E-state index in [1.807, 2.05) is 0 Å². The number of phenolic OH excluding ortho intramolecular Hbond substituents is 2. The minimum absolute atomic E-state index is 0.0521. The van der Waals surface area contributed by atoms with Crippen molar-refractivity contribution in [2.24, 2.45) is 0 Å². The van der Waals surface area contributed by atoms with Crippen LogP contribution in [0.25, 0.3) is 22.3 Å². The summed E-state index contributed by atoms with van der Waals surface area (Å²) in [7, 11) is 0. The number of aromatic hydroxyl groups is 2. The zero-order chi connectivity index (χ0) is 35.6. The van der Waals surface area contributed by atoms with E-state index < -0.39 is 96.1 Å². The van der Waals surface area contributed by atoms with Crippen LogP contribution in [0.15, 0.2) is 39.5 Å². The normalized spacial score (nSPS) is 30.3. The van der Waals surface area contributed by atoms with Crippen molar-refractivity contribution in [3.8, 4) is 40.1 Å². The predicted octanol–water partition coefficient (Wildman–Crippen LogP) is -2.36. The van der Waals surface area contributed by atoms with Crippen molar-refractivity contribution in [3.05, 3.63) is 40.6 Å². The van der Waals surface area contributed by atoms with Crippen LogP contribution in [0, 0.1) is 0 Å². The highest BCUT2D eigenvalue weighted by Gasteiger charge is 2.48. The Morgan fingerprint density at radius 3 is 2.10 bits per heavy atom. The maximum Gasteiger partial charge on any atom is 0.239 e. The number of fused-ring (bicyclic) bond motifs is 1. The average Bonchev–Trinajstić information content (AvgIpc) is 3.07. The molecule has 2 saturated heterocycles. The van der Waals surface area contributed by atoms with E-state index in [4.69, 9.17) is 32.8 Å². The monoisotopic (exact) mass is 698 g/mol. The SMILES string of the molecule is CC1OC(OCC2OC(Oc3c(-c4ccc(OCCO)c(OCCO)c4)oc4cc(O)cc(O)c4c3=O)C(O)C(O)C2O)C(O)C(O)C1O. The van der Waals surface area contributed by atoms with Gasteiger partial charge in [0.25, 0.3) is 0 Å². The van der Waals surface area contributed by atoms with Crippen molar-refractivity contribution < 1.29 is 83.9 Å². The zero-order valence-electron chi connectivity index (χ0n) is 25.9. The molecule has 18 heteroatoms. The van der Waals surface area contributed by atoms with Gasteiger partial charge in [0.15, 0.2) is 23.5 Å². The van der Waals surface area contributed by atoms with Crippen LogP contribution in [-0.4, -0.2) is 146 Å². The second-order valence-electron chi connectivity index (χ2n) is 11.4. The molecule has 3 heterocycles. The lowest BCUT2D eigenvalue weighted by Gasteiger charge is -2.42. The summed E-state index contributed by atoms with van der Waals surface area (Å²) in [6.07, 6.45) is -16.2.